The van der Waals surface area contributed by atoms with Crippen LogP contribution in [0.5, 0.6) is 0 Å². The third-order valence-electron chi connectivity index (χ3n) is 7.05. The molecule has 0 unspecified atom stereocenters. The monoisotopic (exact) mass is 613 g/mol. The topological polar surface area (TPSA) is 0 Å². The van der Waals surface area contributed by atoms with Crippen molar-refractivity contribution in [2.45, 2.75) is 41.5 Å². The van der Waals surface area contributed by atoms with Crippen LogP contribution in [0.15, 0.2) is 91.0 Å². The number of rotatable bonds is 4. The molecule has 0 bridgehead atoms. The summed E-state index contributed by atoms with van der Waals surface area (Å²) in [6.07, 6.45) is 0. The van der Waals surface area contributed by atoms with Gasteiger partial charge in [0.15, 0.2) is 0 Å². The summed E-state index contributed by atoms with van der Waals surface area (Å²) in [5.74, 6) is 0. The van der Waals surface area contributed by atoms with Gasteiger partial charge in [-0.3, -0.25) is 0 Å². The van der Waals surface area contributed by atoms with Crippen LogP contribution >= 0.6 is 37.2 Å². The van der Waals surface area contributed by atoms with Gasteiger partial charge in [-0.15, -0.1) is 71.4 Å². The van der Waals surface area contributed by atoms with Crippen LogP contribution in [0, 0.1) is 41.5 Å². The summed E-state index contributed by atoms with van der Waals surface area (Å²) >= 11 is 0. The average molecular weight is 615 g/mol. The molecule has 38 heavy (non-hydrogen) atoms. The fourth-order valence-corrected chi connectivity index (χ4v) is 11.6. The van der Waals surface area contributed by atoms with E-state index in [2.05, 4.69) is 133 Å². The standard InChI is InChI=1S/C33H33Si.3ClH.Ti/c1-22-13-23(2)17-29(16-22)34(30-18-24(3)14-25(4)19-30,31-20-26(5)15-27(6)21-31)33-12-11-28-9-7-8-10-32(28)33;;;;/h7-21H,1-6H3;3*1H;/q-1;;;;. The summed E-state index contributed by atoms with van der Waals surface area (Å²) in [5.41, 5.74) is 7.98. The number of aryl methyl sites for hydroxylation is 6. The third-order valence-corrected chi connectivity index (χ3v) is 11.8. The molecular weight excluding hydrogens is 579 g/mol. The molecule has 0 amide bonds. The van der Waals surface area contributed by atoms with Gasteiger partial charge in [0.25, 0.3) is 0 Å². The summed E-state index contributed by atoms with van der Waals surface area (Å²) in [7, 11) is -2.60. The van der Waals surface area contributed by atoms with Gasteiger partial charge >= 0.3 is 0 Å². The maximum Gasteiger partial charge on any atom is 0.134 e. The quantitative estimate of drug-likeness (QED) is 0.116. The average Bonchev–Trinajstić information content (AvgIpc) is 3.17. The molecule has 0 aromatic heterocycles. The van der Waals surface area contributed by atoms with Crippen LogP contribution in [-0.4, -0.2) is 8.07 Å². The van der Waals surface area contributed by atoms with Crippen LogP contribution in [0.1, 0.15) is 33.4 Å². The Morgan fingerprint density at radius 2 is 0.816 bits per heavy atom. The number of hydrogen-bond donors (Lipinski definition) is 0. The molecule has 5 rings (SSSR count). The zero-order chi connectivity index (χ0) is 24.0. The van der Waals surface area contributed by atoms with Crippen LogP contribution < -0.4 is 20.7 Å². The molecule has 5 aromatic carbocycles. The molecule has 0 aliphatic carbocycles. The van der Waals surface area contributed by atoms with Crippen LogP contribution in [0.4, 0.5) is 0 Å². The molecule has 0 heterocycles. The maximum absolute atomic E-state index is 2.60. The number of benzene rings is 4. The minimum absolute atomic E-state index is 0. The second kappa shape index (κ2) is 13.6. The van der Waals surface area contributed by atoms with Crippen LogP contribution in [0.25, 0.3) is 10.8 Å². The van der Waals surface area contributed by atoms with Crippen molar-refractivity contribution in [1.29, 1.82) is 0 Å². The second-order valence-corrected chi connectivity index (χ2v) is 14.0. The van der Waals surface area contributed by atoms with Crippen molar-refractivity contribution in [3.63, 3.8) is 0 Å². The Morgan fingerprint density at radius 1 is 0.474 bits per heavy atom. The minimum atomic E-state index is -2.60. The summed E-state index contributed by atoms with van der Waals surface area (Å²) in [4.78, 5) is 0. The molecule has 0 nitrogen and oxygen atoms in total. The molecule has 0 aliphatic heterocycles. The first-order valence-electron chi connectivity index (χ1n) is 12.2. The maximum atomic E-state index is 2.45. The summed E-state index contributed by atoms with van der Waals surface area (Å²) < 4.78 is 0. The van der Waals surface area contributed by atoms with Crippen LogP contribution in [-0.2, 0) is 21.7 Å². The van der Waals surface area contributed by atoms with Crippen molar-refractivity contribution in [2.75, 3.05) is 0 Å². The van der Waals surface area contributed by atoms with E-state index in [4.69, 9.17) is 0 Å². The zero-order valence-electron chi connectivity index (χ0n) is 22.9. The number of hydrogen-bond acceptors (Lipinski definition) is 0. The normalized spacial score (nSPS) is 10.6. The first-order valence-corrected chi connectivity index (χ1v) is 14.2. The van der Waals surface area contributed by atoms with Gasteiger partial charge in [0.05, 0.1) is 0 Å². The first kappa shape index (κ1) is 34.3. The fraction of sp³-hybridized carbons (Fsp3) is 0.182. The van der Waals surface area contributed by atoms with E-state index in [1.54, 1.807) is 0 Å². The molecule has 0 atom stereocenters. The Balaban J connectivity index is 0.00000180. The Labute approximate surface area is 262 Å². The Hall–Kier alpha value is -1.71. The second-order valence-electron chi connectivity index (χ2n) is 10.2. The molecule has 0 radical (unpaired) electrons. The van der Waals surface area contributed by atoms with Crippen molar-refractivity contribution >= 4 is 76.8 Å². The molecule has 0 saturated heterocycles. The Kier molecular flexibility index (Phi) is 12.3. The van der Waals surface area contributed by atoms with Gasteiger partial charge in [0, 0.05) is 21.7 Å². The number of halogens is 3. The predicted octanol–water partition coefficient (Wildman–Crippen LogP) is 7.05. The summed E-state index contributed by atoms with van der Waals surface area (Å²) in [6.45, 7) is 13.4. The zero-order valence-corrected chi connectivity index (χ0v) is 27.9. The van der Waals surface area contributed by atoms with E-state index in [-0.39, 0.29) is 58.9 Å². The first-order chi connectivity index (χ1) is 16.3. The molecule has 0 aliphatic rings. The largest absolute Gasteiger partial charge is 0.168 e. The summed E-state index contributed by atoms with van der Waals surface area (Å²) in [6, 6.07) is 35.3. The van der Waals surface area contributed by atoms with E-state index in [0.29, 0.717) is 0 Å². The van der Waals surface area contributed by atoms with E-state index in [1.165, 1.54) is 64.9 Å². The molecule has 5 heteroatoms. The van der Waals surface area contributed by atoms with Crippen LogP contribution in [0.2, 0.25) is 0 Å². The predicted molar refractivity (Wildman–Crippen MR) is 173 cm³/mol. The smallest absolute Gasteiger partial charge is 0.134 e. The van der Waals surface area contributed by atoms with Crippen molar-refractivity contribution in [2.24, 2.45) is 0 Å². The third kappa shape index (κ3) is 6.20. The van der Waals surface area contributed by atoms with E-state index >= 15 is 0 Å². The van der Waals surface area contributed by atoms with Gasteiger partial charge in [-0.2, -0.15) is 12.1 Å². The van der Waals surface area contributed by atoms with Gasteiger partial charge in [0.2, 0.25) is 0 Å². The van der Waals surface area contributed by atoms with Crippen molar-refractivity contribution in [1.82, 2.24) is 0 Å². The van der Waals surface area contributed by atoms with Crippen molar-refractivity contribution < 1.29 is 21.7 Å². The van der Waals surface area contributed by atoms with Gasteiger partial charge in [-0.05, 0) is 41.5 Å². The summed E-state index contributed by atoms with van der Waals surface area (Å²) in [5, 5.41) is 8.60. The van der Waals surface area contributed by atoms with E-state index in [9.17, 15) is 0 Å². The number of fused-ring (bicyclic) bond motifs is 1. The molecule has 0 spiro atoms. The molecule has 5 aromatic rings. The van der Waals surface area contributed by atoms with Gasteiger partial charge in [-0.1, -0.05) is 110 Å². The SMILES string of the molecule is Cc1cc(C)cc([Si](c2cc(C)cc(C)c2)(c2cc(C)cc(C)c2)[c-]2ccc3ccccc32)c1.Cl.Cl.Cl.[Ti]. The molecule has 0 N–H and O–H groups in total. The molecule has 0 saturated carbocycles. The van der Waals surface area contributed by atoms with E-state index < -0.39 is 8.07 Å². The molecule has 198 valence electrons. The van der Waals surface area contributed by atoms with Crippen molar-refractivity contribution in [3.05, 3.63) is 124 Å². The fourth-order valence-electron chi connectivity index (χ4n) is 6.02. The van der Waals surface area contributed by atoms with Gasteiger partial charge in [-0.25, -0.2) is 0 Å². The van der Waals surface area contributed by atoms with E-state index in [0.717, 1.165) is 0 Å². The van der Waals surface area contributed by atoms with Crippen LogP contribution in [0.3, 0.4) is 0 Å². The van der Waals surface area contributed by atoms with Gasteiger partial charge < -0.3 is 0 Å². The molecule has 0 fully saturated rings. The van der Waals surface area contributed by atoms with Crippen molar-refractivity contribution in [3.8, 4) is 0 Å². The Morgan fingerprint density at radius 3 is 1.18 bits per heavy atom. The van der Waals surface area contributed by atoms with Gasteiger partial charge in [0.1, 0.15) is 8.07 Å². The molecular formula is C33H36Cl3SiTi-. The Bertz CT molecular complexity index is 1350. The van der Waals surface area contributed by atoms with E-state index in [1.807, 2.05) is 0 Å². The minimum Gasteiger partial charge on any atom is -0.168 e.